The van der Waals surface area contributed by atoms with Gasteiger partial charge in [0.15, 0.2) is 5.65 Å². The van der Waals surface area contributed by atoms with Gasteiger partial charge in [-0.15, -0.1) is 0 Å². The number of hydrogen-bond acceptors (Lipinski definition) is 4. The van der Waals surface area contributed by atoms with Crippen molar-refractivity contribution in [3.8, 4) is 0 Å². The summed E-state index contributed by atoms with van der Waals surface area (Å²) in [5.74, 6) is 0.701. The number of hydrogen-bond donors (Lipinski definition) is 2. The Labute approximate surface area is 98.0 Å². The zero-order valence-corrected chi connectivity index (χ0v) is 9.26. The zero-order chi connectivity index (χ0) is 11.7. The fourth-order valence-electron chi connectivity index (χ4n) is 1.59. The summed E-state index contributed by atoms with van der Waals surface area (Å²) in [7, 11) is 0. The molecule has 1 aliphatic rings. The number of rotatable bonds is 4. The van der Waals surface area contributed by atoms with E-state index < -0.39 is 0 Å². The van der Waals surface area contributed by atoms with Crippen LogP contribution in [0.5, 0.6) is 0 Å². The monoisotopic (exact) mass is 231 g/mol. The molecule has 17 heavy (non-hydrogen) atoms. The van der Waals surface area contributed by atoms with Crippen LogP contribution in [-0.2, 0) is 4.79 Å². The van der Waals surface area contributed by atoms with Gasteiger partial charge in [0.05, 0.1) is 12.7 Å². The summed E-state index contributed by atoms with van der Waals surface area (Å²) in [6.07, 6.45) is 5.70. The highest BCUT2D eigenvalue weighted by molar-refractivity contribution is 5.81. The molecule has 1 aliphatic carbocycles. The van der Waals surface area contributed by atoms with Gasteiger partial charge in [-0.2, -0.15) is 5.10 Å². The minimum absolute atomic E-state index is 0.0164. The molecule has 2 aromatic rings. The first-order valence-electron chi connectivity index (χ1n) is 5.65. The molecular weight excluding hydrogens is 218 g/mol. The Hall–Kier alpha value is -2.11. The highest BCUT2D eigenvalue weighted by Gasteiger charge is 2.22. The molecule has 2 heterocycles. The van der Waals surface area contributed by atoms with E-state index in [1.807, 2.05) is 12.3 Å². The molecule has 1 fully saturated rings. The molecule has 6 nitrogen and oxygen atoms in total. The molecule has 0 atom stereocenters. The third kappa shape index (κ3) is 2.35. The first kappa shape index (κ1) is 10.1. The van der Waals surface area contributed by atoms with Crippen molar-refractivity contribution >= 4 is 17.4 Å². The number of nitrogens with zero attached hydrogens (tertiary/aromatic N) is 3. The van der Waals surface area contributed by atoms with Gasteiger partial charge >= 0.3 is 0 Å². The molecule has 6 heteroatoms. The van der Waals surface area contributed by atoms with Crippen LogP contribution < -0.4 is 10.6 Å². The number of nitrogens with one attached hydrogen (secondary N) is 2. The molecule has 2 N–H and O–H groups in total. The van der Waals surface area contributed by atoms with Crippen molar-refractivity contribution in [1.82, 2.24) is 19.9 Å². The predicted molar refractivity (Wildman–Crippen MR) is 62.6 cm³/mol. The topological polar surface area (TPSA) is 71.3 Å². The first-order valence-corrected chi connectivity index (χ1v) is 5.65. The lowest BCUT2D eigenvalue weighted by molar-refractivity contribution is -0.119. The Balaban J connectivity index is 1.61. The van der Waals surface area contributed by atoms with Gasteiger partial charge in [0.1, 0.15) is 5.82 Å². The summed E-state index contributed by atoms with van der Waals surface area (Å²) < 4.78 is 1.68. The molecule has 2 aromatic heterocycles. The zero-order valence-electron chi connectivity index (χ0n) is 9.26. The van der Waals surface area contributed by atoms with Crippen molar-refractivity contribution in [2.75, 3.05) is 11.9 Å². The van der Waals surface area contributed by atoms with Crippen LogP contribution in [0.1, 0.15) is 12.8 Å². The maximum Gasteiger partial charge on any atom is 0.239 e. The minimum atomic E-state index is 0.0164. The first-order chi connectivity index (χ1) is 8.31. The van der Waals surface area contributed by atoms with E-state index >= 15 is 0 Å². The number of carbonyl (C=O) groups is 1. The SMILES string of the molecule is O=C(CNc1ccn2nccc2n1)NC1CC1. The molecule has 1 amide bonds. The van der Waals surface area contributed by atoms with Gasteiger partial charge in [-0.3, -0.25) is 4.79 Å². The summed E-state index contributed by atoms with van der Waals surface area (Å²) in [6, 6.07) is 4.01. The summed E-state index contributed by atoms with van der Waals surface area (Å²) in [5, 5.41) is 9.95. The van der Waals surface area contributed by atoms with E-state index in [-0.39, 0.29) is 12.5 Å². The molecule has 0 aromatic carbocycles. The molecule has 0 bridgehead atoms. The van der Waals surface area contributed by atoms with Gasteiger partial charge in [0.25, 0.3) is 0 Å². The van der Waals surface area contributed by atoms with Crippen LogP contribution >= 0.6 is 0 Å². The smallest absolute Gasteiger partial charge is 0.239 e. The maximum absolute atomic E-state index is 11.5. The van der Waals surface area contributed by atoms with Crippen LogP contribution in [0.3, 0.4) is 0 Å². The van der Waals surface area contributed by atoms with Gasteiger partial charge in [0, 0.05) is 18.3 Å². The van der Waals surface area contributed by atoms with Crippen molar-refractivity contribution in [2.45, 2.75) is 18.9 Å². The Morgan fingerprint density at radius 1 is 1.47 bits per heavy atom. The summed E-state index contributed by atoms with van der Waals surface area (Å²) in [5.41, 5.74) is 0.762. The normalized spacial score (nSPS) is 14.8. The van der Waals surface area contributed by atoms with E-state index in [4.69, 9.17) is 0 Å². The van der Waals surface area contributed by atoms with Crippen LogP contribution in [-0.4, -0.2) is 33.1 Å². The Kier molecular flexibility index (Phi) is 2.40. The van der Waals surface area contributed by atoms with Gasteiger partial charge in [-0.25, -0.2) is 9.50 Å². The molecular formula is C11H13N5O. The summed E-state index contributed by atoms with van der Waals surface area (Å²) in [6.45, 7) is 0.258. The van der Waals surface area contributed by atoms with E-state index in [0.29, 0.717) is 11.9 Å². The van der Waals surface area contributed by atoms with Gasteiger partial charge < -0.3 is 10.6 Å². The van der Waals surface area contributed by atoms with Crippen molar-refractivity contribution in [3.63, 3.8) is 0 Å². The minimum Gasteiger partial charge on any atom is -0.361 e. The fourth-order valence-corrected chi connectivity index (χ4v) is 1.59. The van der Waals surface area contributed by atoms with Crippen LogP contribution in [0.2, 0.25) is 0 Å². The van der Waals surface area contributed by atoms with E-state index in [1.54, 1.807) is 16.8 Å². The standard InChI is InChI=1S/C11H13N5O/c17-11(14-8-1-2-8)7-12-9-4-6-16-10(15-9)3-5-13-16/h3-6,8H,1-2,7H2,(H,12,15)(H,14,17). The number of aromatic nitrogens is 3. The Morgan fingerprint density at radius 3 is 3.18 bits per heavy atom. The lowest BCUT2D eigenvalue weighted by Gasteiger charge is -2.06. The summed E-state index contributed by atoms with van der Waals surface area (Å²) >= 11 is 0. The molecule has 88 valence electrons. The van der Waals surface area contributed by atoms with Crippen molar-refractivity contribution in [1.29, 1.82) is 0 Å². The van der Waals surface area contributed by atoms with Gasteiger partial charge in [0.2, 0.25) is 5.91 Å². The van der Waals surface area contributed by atoms with E-state index in [9.17, 15) is 4.79 Å². The molecule has 3 rings (SSSR count). The van der Waals surface area contributed by atoms with Crippen LogP contribution in [0.15, 0.2) is 24.5 Å². The second-order valence-corrected chi connectivity index (χ2v) is 4.14. The number of amides is 1. The molecule has 0 spiro atoms. The molecule has 0 unspecified atom stereocenters. The van der Waals surface area contributed by atoms with Gasteiger partial charge in [-0.05, 0) is 18.9 Å². The van der Waals surface area contributed by atoms with Gasteiger partial charge in [-0.1, -0.05) is 0 Å². The number of anilines is 1. The van der Waals surface area contributed by atoms with Crippen LogP contribution in [0, 0.1) is 0 Å². The lowest BCUT2D eigenvalue weighted by Crippen LogP contribution is -2.31. The highest BCUT2D eigenvalue weighted by atomic mass is 16.2. The average Bonchev–Trinajstić information content (AvgIpc) is 3.01. The van der Waals surface area contributed by atoms with E-state index in [1.165, 1.54) is 0 Å². The Bertz CT molecular complexity index is 546. The summed E-state index contributed by atoms with van der Waals surface area (Å²) in [4.78, 5) is 15.8. The third-order valence-corrected chi connectivity index (χ3v) is 2.63. The maximum atomic E-state index is 11.5. The van der Waals surface area contributed by atoms with Crippen molar-refractivity contribution in [2.24, 2.45) is 0 Å². The average molecular weight is 231 g/mol. The second-order valence-electron chi connectivity index (χ2n) is 4.14. The second kappa shape index (κ2) is 4.04. The molecule has 1 saturated carbocycles. The Morgan fingerprint density at radius 2 is 2.35 bits per heavy atom. The van der Waals surface area contributed by atoms with Crippen molar-refractivity contribution < 1.29 is 4.79 Å². The third-order valence-electron chi connectivity index (χ3n) is 2.63. The quantitative estimate of drug-likeness (QED) is 0.800. The van der Waals surface area contributed by atoms with E-state index in [0.717, 1.165) is 18.5 Å². The predicted octanol–water partition coefficient (Wildman–Crippen LogP) is 0.420. The van der Waals surface area contributed by atoms with E-state index in [2.05, 4.69) is 20.7 Å². The molecule has 0 saturated heterocycles. The van der Waals surface area contributed by atoms with Crippen molar-refractivity contribution in [3.05, 3.63) is 24.5 Å². The lowest BCUT2D eigenvalue weighted by atomic mass is 10.5. The largest absolute Gasteiger partial charge is 0.361 e. The van der Waals surface area contributed by atoms with Crippen LogP contribution in [0.4, 0.5) is 5.82 Å². The van der Waals surface area contributed by atoms with Crippen LogP contribution in [0.25, 0.3) is 5.65 Å². The number of carbonyl (C=O) groups excluding carboxylic acids is 1. The molecule has 0 radical (unpaired) electrons. The number of fused-ring (bicyclic) bond motifs is 1. The fraction of sp³-hybridized carbons (Fsp3) is 0.364. The highest BCUT2D eigenvalue weighted by Crippen LogP contribution is 2.18. The molecule has 0 aliphatic heterocycles.